The van der Waals surface area contributed by atoms with Crippen LogP contribution in [0.1, 0.15) is 27.9 Å². The van der Waals surface area contributed by atoms with E-state index >= 15 is 0 Å². The molecule has 0 saturated heterocycles. The highest BCUT2D eigenvalue weighted by molar-refractivity contribution is 7.22. The van der Waals surface area contributed by atoms with Crippen LogP contribution in [0.5, 0.6) is 0 Å². The maximum absolute atomic E-state index is 13.7. The second kappa shape index (κ2) is 8.54. The first-order chi connectivity index (χ1) is 14.4. The number of carbonyl (C=O) groups is 1. The van der Waals surface area contributed by atoms with Crippen LogP contribution in [-0.2, 0) is 0 Å². The lowest BCUT2D eigenvalue weighted by atomic mass is 10.0. The van der Waals surface area contributed by atoms with Crippen molar-refractivity contribution in [1.29, 1.82) is 0 Å². The van der Waals surface area contributed by atoms with E-state index in [1.165, 1.54) is 5.56 Å². The van der Waals surface area contributed by atoms with E-state index in [0.29, 0.717) is 6.54 Å². The largest absolute Gasteiger partial charge is 0.309 e. The third-order valence-electron chi connectivity index (χ3n) is 5.30. The van der Waals surface area contributed by atoms with Gasteiger partial charge in [-0.1, -0.05) is 53.8 Å². The summed E-state index contributed by atoms with van der Waals surface area (Å²) >= 11 is 1.60. The Labute approximate surface area is 181 Å². The average molecular weight is 418 g/mol. The van der Waals surface area contributed by atoms with Gasteiger partial charge >= 0.3 is 0 Å². The number of aryl methyl sites for hydroxylation is 2. The molecule has 0 unspecified atom stereocenters. The number of anilines is 1. The minimum absolute atomic E-state index is 0.0130. The van der Waals surface area contributed by atoms with E-state index in [2.05, 4.69) is 45.0 Å². The number of rotatable bonds is 6. The van der Waals surface area contributed by atoms with E-state index in [4.69, 9.17) is 4.98 Å². The van der Waals surface area contributed by atoms with Crippen LogP contribution >= 0.6 is 11.3 Å². The van der Waals surface area contributed by atoms with Gasteiger partial charge in [-0.05, 0) is 74.9 Å². The maximum atomic E-state index is 13.7. The number of carbonyl (C=O) groups excluding carboxylic acids is 1. The second-order valence-corrected chi connectivity index (χ2v) is 9.07. The standard InChI is InChI=1S/C25H27N3OS/c1-17-15-18(2)23-22(16-17)30-25(26-23)28(14-8-13-27(3)4)24(29)21-12-7-10-19-9-5-6-11-20(19)21/h5-7,9-12,15-16H,8,13-14H2,1-4H3. The lowest BCUT2D eigenvalue weighted by molar-refractivity contribution is 0.0987. The number of hydrogen-bond donors (Lipinski definition) is 0. The first-order valence-corrected chi connectivity index (χ1v) is 11.1. The van der Waals surface area contributed by atoms with Crippen molar-refractivity contribution in [1.82, 2.24) is 9.88 Å². The number of benzene rings is 3. The van der Waals surface area contributed by atoms with E-state index in [9.17, 15) is 4.79 Å². The van der Waals surface area contributed by atoms with Crippen LogP contribution in [0.4, 0.5) is 5.13 Å². The van der Waals surface area contributed by atoms with Crippen molar-refractivity contribution in [2.24, 2.45) is 0 Å². The summed E-state index contributed by atoms with van der Waals surface area (Å²) in [6.45, 7) is 5.74. The Kier molecular flexibility index (Phi) is 5.84. The summed E-state index contributed by atoms with van der Waals surface area (Å²) in [7, 11) is 4.11. The van der Waals surface area contributed by atoms with Crippen LogP contribution in [-0.4, -0.2) is 43.0 Å². The molecule has 0 atom stereocenters. The van der Waals surface area contributed by atoms with Crippen LogP contribution < -0.4 is 4.90 Å². The van der Waals surface area contributed by atoms with Gasteiger partial charge < -0.3 is 4.90 Å². The molecule has 0 aliphatic rings. The molecule has 0 N–H and O–H groups in total. The number of hydrogen-bond acceptors (Lipinski definition) is 4. The van der Waals surface area contributed by atoms with Crippen LogP contribution in [0.15, 0.2) is 54.6 Å². The van der Waals surface area contributed by atoms with E-state index < -0.39 is 0 Å². The van der Waals surface area contributed by atoms with Gasteiger partial charge in [0.15, 0.2) is 5.13 Å². The zero-order chi connectivity index (χ0) is 21.3. The third kappa shape index (κ3) is 4.09. The zero-order valence-electron chi connectivity index (χ0n) is 18.0. The molecule has 0 spiro atoms. The summed E-state index contributed by atoms with van der Waals surface area (Å²) < 4.78 is 1.13. The number of amides is 1. The molecule has 0 radical (unpaired) electrons. The predicted molar refractivity (Wildman–Crippen MR) is 128 cm³/mol. The zero-order valence-corrected chi connectivity index (χ0v) is 18.8. The molecule has 1 amide bonds. The molecule has 1 aromatic heterocycles. The first kappa shape index (κ1) is 20.5. The fourth-order valence-corrected chi connectivity index (χ4v) is 5.03. The van der Waals surface area contributed by atoms with Gasteiger partial charge in [-0.15, -0.1) is 0 Å². The van der Waals surface area contributed by atoms with Crippen molar-refractivity contribution in [3.63, 3.8) is 0 Å². The van der Waals surface area contributed by atoms with Gasteiger partial charge in [0.05, 0.1) is 10.2 Å². The van der Waals surface area contributed by atoms with Crippen molar-refractivity contribution in [2.75, 3.05) is 32.1 Å². The van der Waals surface area contributed by atoms with Crippen LogP contribution in [0.25, 0.3) is 21.0 Å². The summed E-state index contributed by atoms with van der Waals surface area (Å²) in [5, 5.41) is 2.83. The second-order valence-electron chi connectivity index (χ2n) is 8.07. The van der Waals surface area contributed by atoms with Gasteiger partial charge in [0.1, 0.15) is 0 Å². The van der Waals surface area contributed by atoms with Gasteiger partial charge in [-0.25, -0.2) is 4.98 Å². The molecule has 4 nitrogen and oxygen atoms in total. The Bertz CT molecular complexity index is 1210. The fraction of sp³-hybridized carbons (Fsp3) is 0.280. The molecule has 1 heterocycles. The van der Waals surface area contributed by atoms with Gasteiger partial charge in [0, 0.05) is 12.1 Å². The topological polar surface area (TPSA) is 36.4 Å². The first-order valence-electron chi connectivity index (χ1n) is 10.3. The van der Waals surface area contributed by atoms with Crippen LogP contribution in [0.2, 0.25) is 0 Å². The molecule has 0 aliphatic carbocycles. The molecule has 0 aliphatic heterocycles. The molecule has 0 fully saturated rings. The Morgan fingerprint density at radius 3 is 2.57 bits per heavy atom. The minimum Gasteiger partial charge on any atom is -0.309 e. The van der Waals surface area contributed by atoms with Gasteiger partial charge in [-0.3, -0.25) is 9.69 Å². The van der Waals surface area contributed by atoms with E-state index in [1.807, 2.05) is 47.4 Å². The third-order valence-corrected chi connectivity index (χ3v) is 6.33. The smallest absolute Gasteiger partial charge is 0.260 e. The van der Waals surface area contributed by atoms with Crippen LogP contribution in [0, 0.1) is 13.8 Å². The van der Waals surface area contributed by atoms with Crippen molar-refractivity contribution in [3.05, 3.63) is 71.3 Å². The molecule has 4 rings (SSSR count). The summed E-state index contributed by atoms with van der Waals surface area (Å²) in [6.07, 6.45) is 0.886. The molecule has 4 aromatic rings. The highest BCUT2D eigenvalue weighted by Crippen LogP contribution is 2.33. The molecular formula is C25H27N3OS. The SMILES string of the molecule is Cc1cc(C)c2nc(N(CCCN(C)C)C(=O)c3cccc4ccccc34)sc2c1. The number of nitrogens with zero attached hydrogens (tertiary/aromatic N) is 3. The Balaban J connectivity index is 1.78. The minimum atomic E-state index is 0.0130. The lowest BCUT2D eigenvalue weighted by Gasteiger charge is -2.22. The Morgan fingerprint density at radius 1 is 1.00 bits per heavy atom. The van der Waals surface area contributed by atoms with E-state index in [0.717, 1.165) is 50.2 Å². The van der Waals surface area contributed by atoms with Crippen LogP contribution in [0.3, 0.4) is 0 Å². The van der Waals surface area contributed by atoms with Crippen molar-refractivity contribution in [2.45, 2.75) is 20.3 Å². The highest BCUT2D eigenvalue weighted by Gasteiger charge is 2.23. The predicted octanol–water partition coefficient (Wildman–Crippen LogP) is 5.66. The van der Waals surface area contributed by atoms with Crippen molar-refractivity contribution in [3.8, 4) is 0 Å². The van der Waals surface area contributed by atoms with Crippen molar-refractivity contribution < 1.29 is 4.79 Å². The molecule has 154 valence electrons. The van der Waals surface area contributed by atoms with E-state index in [1.54, 1.807) is 11.3 Å². The number of aromatic nitrogens is 1. The monoisotopic (exact) mass is 417 g/mol. The summed E-state index contributed by atoms with van der Waals surface area (Å²) in [5.41, 5.74) is 4.09. The fourth-order valence-electron chi connectivity index (χ4n) is 3.86. The lowest BCUT2D eigenvalue weighted by Crippen LogP contribution is -2.33. The maximum Gasteiger partial charge on any atom is 0.260 e. The summed E-state index contributed by atoms with van der Waals surface area (Å²) in [6, 6.07) is 18.3. The Hall–Kier alpha value is -2.76. The van der Waals surface area contributed by atoms with Gasteiger partial charge in [0.2, 0.25) is 0 Å². The molecule has 0 saturated carbocycles. The summed E-state index contributed by atoms with van der Waals surface area (Å²) in [5.74, 6) is 0.0130. The molecule has 5 heteroatoms. The average Bonchev–Trinajstić information content (AvgIpc) is 3.14. The summed E-state index contributed by atoms with van der Waals surface area (Å²) in [4.78, 5) is 22.6. The Morgan fingerprint density at radius 2 is 1.77 bits per heavy atom. The number of thiazole rings is 1. The van der Waals surface area contributed by atoms with Crippen molar-refractivity contribution >= 4 is 43.4 Å². The molecule has 3 aromatic carbocycles. The highest BCUT2D eigenvalue weighted by atomic mass is 32.1. The molecular weight excluding hydrogens is 390 g/mol. The number of fused-ring (bicyclic) bond motifs is 2. The van der Waals surface area contributed by atoms with Gasteiger partial charge in [-0.2, -0.15) is 0 Å². The molecule has 30 heavy (non-hydrogen) atoms. The van der Waals surface area contributed by atoms with E-state index in [-0.39, 0.29) is 5.91 Å². The molecule has 0 bridgehead atoms. The normalized spacial score (nSPS) is 11.5. The quantitative estimate of drug-likeness (QED) is 0.406. The van der Waals surface area contributed by atoms with Gasteiger partial charge in [0.25, 0.3) is 5.91 Å².